The molecule has 0 radical (unpaired) electrons. The number of hydrogen-bond donors (Lipinski definition) is 1. The summed E-state index contributed by atoms with van der Waals surface area (Å²) in [7, 11) is 0. The Bertz CT molecular complexity index is 257. The lowest BCUT2D eigenvalue weighted by Gasteiger charge is -2.31. The maximum absolute atomic E-state index is 11.9. The van der Waals surface area contributed by atoms with Crippen molar-refractivity contribution in [2.45, 2.75) is 65.3 Å². The van der Waals surface area contributed by atoms with Gasteiger partial charge in [0.05, 0.1) is 0 Å². The van der Waals surface area contributed by atoms with Crippen LogP contribution in [0.1, 0.15) is 59.3 Å². The van der Waals surface area contributed by atoms with Gasteiger partial charge in [0.2, 0.25) is 5.91 Å². The lowest BCUT2D eigenvalue weighted by Crippen LogP contribution is -2.42. The first-order valence-electron chi connectivity index (χ1n) is 6.66. The summed E-state index contributed by atoms with van der Waals surface area (Å²) in [4.78, 5) is 11.9. The maximum Gasteiger partial charge on any atom is 0.246 e. The van der Waals surface area contributed by atoms with Crippen LogP contribution in [0, 0.1) is 5.92 Å². The fourth-order valence-electron chi connectivity index (χ4n) is 2.57. The van der Waals surface area contributed by atoms with Crippen LogP contribution in [-0.4, -0.2) is 11.9 Å². The van der Waals surface area contributed by atoms with Crippen LogP contribution < -0.4 is 5.32 Å². The third-order valence-electron chi connectivity index (χ3n) is 3.62. The Labute approximate surface area is 99.5 Å². The van der Waals surface area contributed by atoms with Crippen LogP contribution >= 0.6 is 0 Å². The van der Waals surface area contributed by atoms with Crippen molar-refractivity contribution in [1.82, 2.24) is 5.32 Å². The van der Waals surface area contributed by atoms with E-state index in [0.717, 1.165) is 18.4 Å². The van der Waals surface area contributed by atoms with Gasteiger partial charge in [-0.15, -0.1) is 0 Å². The van der Waals surface area contributed by atoms with E-state index in [1.807, 2.05) is 13.0 Å². The molecule has 0 bridgehead atoms. The van der Waals surface area contributed by atoms with E-state index in [-0.39, 0.29) is 5.91 Å². The summed E-state index contributed by atoms with van der Waals surface area (Å²) < 4.78 is 0. The monoisotopic (exact) mass is 223 g/mol. The minimum absolute atomic E-state index is 0.132. The fourth-order valence-corrected chi connectivity index (χ4v) is 2.57. The fraction of sp³-hybridized carbons (Fsp3) is 0.786. The number of carbonyl (C=O) groups is 1. The van der Waals surface area contributed by atoms with Gasteiger partial charge in [-0.3, -0.25) is 4.79 Å². The zero-order chi connectivity index (χ0) is 12.0. The van der Waals surface area contributed by atoms with Gasteiger partial charge in [-0.05, 0) is 32.1 Å². The predicted molar refractivity (Wildman–Crippen MR) is 68.2 cm³/mol. The van der Waals surface area contributed by atoms with Gasteiger partial charge in [-0.25, -0.2) is 0 Å². The Kier molecular flexibility index (Phi) is 5.58. The average molecular weight is 223 g/mol. The van der Waals surface area contributed by atoms with Crippen molar-refractivity contribution in [3.8, 4) is 0 Å². The highest BCUT2D eigenvalue weighted by Crippen LogP contribution is 2.26. The van der Waals surface area contributed by atoms with Crippen LogP contribution in [-0.2, 0) is 4.79 Å². The highest BCUT2D eigenvalue weighted by molar-refractivity contribution is 5.92. The Balaban J connectivity index is 2.51. The van der Waals surface area contributed by atoms with Crippen LogP contribution in [0.15, 0.2) is 11.6 Å². The smallest absolute Gasteiger partial charge is 0.246 e. The van der Waals surface area contributed by atoms with E-state index >= 15 is 0 Å². The molecular formula is C14H25NO. The Morgan fingerprint density at radius 1 is 1.31 bits per heavy atom. The number of amides is 1. The maximum atomic E-state index is 11.9. The number of allylic oxidation sites excluding steroid dienone is 1. The summed E-state index contributed by atoms with van der Waals surface area (Å²) in [5, 5.41) is 3.20. The second-order valence-corrected chi connectivity index (χ2v) is 4.83. The third-order valence-corrected chi connectivity index (χ3v) is 3.62. The second-order valence-electron chi connectivity index (χ2n) is 4.83. The molecule has 1 fully saturated rings. The van der Waals surface area contributed by atoms with Gasteiger partial charge in [-0.1, -0.05) is 39.2 Å². The van der Waals surface area contributed by atoms with E-state index in [2.05, 4.69) is 19.2 Å². The standard InChI is InChI=1S/C14H25NO/c1-4-8-11(3)14(16)15-13-10-7-6-9-12(13)5-2/h8,12-13H,4-7,9-10H2,1-3H3,(H,15,16). The van der Waals surface area contributed by atoms with E-state index in [1.165, 1.54) is 25.7 Å². The highest BCUT2D eigenvalue weighted by atomic mass is 16.1. The van der Waals surface area contributed by atoms with Crippen LogP contribution in [0.25, 0.3) is 0 Å². The molecule has 2 heteroatoms. The van der Waals surface area contributed by atoms with Crippen molar-refractivity contribution in [3.05, 3.63) is 11.6 Å². The normalized spacial score (nSPS) is 26.6. The van der Waals surface area contributed by atoms with E-state index < -0.39 is 0 Å². The Morgan fingerprint density at radius 3 is 2.62 bits per heavy atom. The molecule has 0 heterocycles. The summed E-state index contributed by atoms with van der Waals surface area (Å²) in [5.74, 6) is 0.819. The summed E-state index contributed by atoms with van der Waals surface area (Å²) >= 11 is 0. The number of carbonyl (C=O) groups excluding carboxylic acids is 1. The molecule has 1 saturated carbocycles. The first-order chi connectivity index (χ1) is 7.69. The van der Waals surface area contributed by atoms with Gasteiger partial charge in [0.1, 0.15) is 0 Å². The number of hydrogen-bond acceptors (Lipinski definition) is 1. The first kappa shape index (κ1) is 13.3. The van der Waals surface area contributed by atoms with Crippen molar-refractivity contribution >= 4 is 5.91 Å². The van der Waals surface area contributed by atoms with Crippen molar-refractivity contribution in [2.24, 2.45) is 5.92 Å². The molecule has 1 N–H and O–H groups in total. The van der Waals surface area contributed by atoms with Crippen molar-refractivity contribution in [2.75, 3.05) is 0 Å². The zero-order valence-electron chi connectivity index (χ0n) is 10.9. The van der Waals surface area contributed by atoms with Gasteiger partial charge in [-0.2, -0.15) is 0 Å². The number of rotatable bonds is 4. The molecule has 0 aromatic rings. The van der Waals surface area contributed by atoms with E-state index in [4.69, 9.17) is 0 Å². The molecule has 2 atom stereocenters. The quantitative estimate of drug-likeness (QED) is 0.727. The molecule has 1 amide bonds. The van der Waals surface area contributed by atoms with E-state index in [0.29, 0.717) is 12.0 Å². The molecule has 0 spiro atoms. The molecule has 1 aliphatic carbocycles. The van der Waals surface area contributed by atoms with Gasteiger partial charge < -0.3 is 5.32 Å². The van der Waals surface area contributed by atoms with Crippen LogP contribution in [0.5, 0.6) is 0 Å². The van der Waals surface area contributed by atoms with E-state index in [9.17, 15) is 4.79 Å². The molecule has 16 heavy (non-hydrogen) atoms. The molecule has 0 aliphatic heterocycles. The SMILES string of the molecule is CCC=C(C)C(=O)NC1CCCCC1CC. The van der Waals surface area contributed by atoms with Crippen LogP contribution in [0.2, 0.25) is 0 Å². The average Bonchev–Trinajstić information content (AvgIpc) is 2.30. The first-order valence-corrected chi connectivity index (χ1v) is 6.66. The van der Waals surface area contributed by atoms with Gasteiger partial charge >= 0.3 is 0 Å². The largest absolute Gasteiger partial charge is 0.349 e. The predicted octanol–water partition coefficient (Wildman–Crippen LogP) is 3.43. The van der Waals surface area contributed by atoms with Crippen LogP contribution in [0.3, 0.4) is 0 Å². The Morgan fingerprint density at radius 2 is 2.00 bits per heavy atom. The molecule has 2 unspecified atom stereocenters. The molecule has 0 aromatic heterocycles. The van der Waals surface area contributed by atoms with Gasteiger partial charge in [0, 0.05) is 11.6 Å². The number of nitrogens with one attached hydrogen (secondary N) is 1. The highest BCUT2D eigenvalue weighted by Gasteiger charge is 2.24. The topological polar surface area (TPSA) is 29.1 Å². The summed E-state index contributed by atoms with van der Waals surface area (Å²) in [6.45, 7) is 6.19. The van der Waals surface area contributed by atoms with E-state index in [1.54, 1.807) is 0 Å². The lowest BCUT2D eigenvalue weighted by atomic mass is 9.83. The van der Waals surface area contributed by atoms with Crippen molar-refractivity contribution < 1.29 is 4.79 Å². The van der Waals surface area contributed by atoms with Gasteiger partial charge in [0.25, 0.3) is 0 Å². The van der Waals surface area contributed by atoms with Crippen molar-refractivity contribution in [1.29, 1.82) is 0 Å². The lowest BCUT2D eigenvalue weighted by molar-refractivity contribution is -0.118. The molecular weight excluding hydrogens is 198 g/mol. The Hall–Kier alpha value is -0.790. The van der Waals surface area contributed by atoms with Crippen molar-refractivity contribution in [3.63, 3.8) is 0 Å². The molecule has 0 aromatic carbocycles. The molecule has 2 nitrogen and oxygen atoms in total. The molecule has 92 valence electrons. The molecule has 1 aliphatic rings. The minimum Gasteiger partial charge on any atom is -0.349 e. The minimum atomic E-state index is 0.132. The zero-order valence-corrected chi connectivity index (χ0v) is 10.9. The molecule has 0 saturated heterocycles. The third kappa shape index (κ3) is 3.66. The second kappa shape index (κ2) is 6.72. The summed E-state index contributed by atoms with van der Waals surface area (Å²) in [5.41, 5.74) is 0.864. The summed E-state index contributed by atoms with van der Waals surface area (Å²) in [6.07, 6.45) is 9.13. The molecule has 1 rings (SSSR count). The summed E-state index contributed by atoms with van der Waals surface area (Å²) in [6, 6.07) is 0.409. The van der Waals surface area contributed by atoms with Gasteiger partial charge in [0.15, 0.2) is 0 Å². The van der Waals surface area contributed by atoms with Crippen LogP contribution in [0.4, 0.5) is 0 Å².